The molecule has 2 heterocycles. The lowest BCUT2D eigenvalue weighted by atomic mass is 9.95. The second kappa shape index (κ2) is 6.35. The van der Waals surface area contributed by atoms with Crippen molar-refractivity contribution in [3.8, 4) is 5.75 Å². The molecule has 6 nitrogen and oxygen atoms in total. The van der Waals surface area contributed by atoms with Gasteiger partial charge in [0.15, 0.2) is 5.56 Å². The van der Waals surface area contributed by atoms with Crippen LogP contribution in [-0.2, 0) is 12.8 Å². The molecule has 1 aromatic carbocycles. The van der Waals surface area contributed by atoms with Crippen LogP contribution in [0.2, 0.25) is 0 Å². The first kappa shape index (κ1) is 16.6. The van der Waals surface area contributed by atoms with Crippen LogP contribution in [0.15, 0.2) is 35.3 Å². The van der Waals surface area contributed by atoms with E-state index in [1.807, 2.05) is 6.92 Å². The summed E-state index contributed by atoms with van der Waals surface area (Å²) in [5.74, 6) is -2.49. The van der Waals surface area contributed by atoms with Crippen molar-refractivity contribution in [2.24, 2.45) is 0 Å². The highest BCUT2D eigenvalue weighted by atomic mass is 19.1. The van der Waals surface area contributed by atoms with Gasteiger partial charge < -0.3 is 15.2 Å². The number of pyridine rings is 2. The largest absolute Gasteiger partial charge is 0.506 e. The van der Waals surface area contributed by atoms with Crippen molar-refractivity contribution < 1.29 is 19.4 Å². The number of aromatic amines is 1. The third-order valence-corrected chi connectivity index (χ3v) is 4.10. The zero-order chi connectivity index (χ0) is 18.1. The maximum absolute atomic E-state index is 13.1. The molecule has 0 spiro atoms. The Kier molecular flexibility index (Phi) is 4.22. The normalized spacial score (nSPS) is 11.0. The summed E-state index contributed by atoms with van der Waals surface area (Å²) in [6, 6.07) is 5.88. The molecule has 0 aliphatic heterocycles. The van der Waals surface area contributed by atoms with Gasteiger partial charge in [-0.15, -0.1) is 0 Å². The van der Waals surface area contributed by atoms with E-state index >= 15 is 0 Å². The second-order valence-corrected chi connectivity index (χ2v) is 5.63. The van der Waals surface area contributed by atoms with E-state index in [9.17, 15) is 24.2 Å². The summed E-state index contributed by atoms with van der Waals surface area (Å²) < 4.78 is 13.1. The summed E-state index contributed by atoms with van der Waals surface area (Å²) >= 11 is 0. The number of nitrogens with one attached hydrogen (secondary N) is 1. The average molecular weight is 342 g/mol. The summed E-state index contributed by atoms with van der Waals surface area (Å²) in [6.45, 7) is 1.90. The lowest BCUT2D eigenvalue weighted by molar-refractivity contribution is 0.0692. The number of hydrogen-bond donors (Lipinski definition) is 3. The van der Waals surface area contributed by atoms with E-state index in [2.05, 4.69) is 9.97 Å². The van der Waals surface area contributed by atoms with Crippen LogP contribution < -0.4 is 5.56 Å². The minimum absolute atomic E-state index is 0.113. The smallest absolute Gasteiger partial charge is 0.345 e. The predicted octanol–water partition coefficient (Wildman–Crippen LogP) is 2.62. The van der Waals surface area contributed by atoms with Gasteiger partial charge in [-0.1, -0.05) is 19.1 Å². The molecule has 0 saturated carbocycles. The number of benzene rings is 1. The number of hydrogen-bond acceptors (Lipinski definition) is 4. The number of aromatic hydroxyl groups is 1. The van der Waals surface area contributed by atoms with E-state index in [1.165, 1.54) is 12.1 Å². The number of aryl methyl sites for hydroxylation is 1. The van der Waals surface area contributed by atoms with Gasteiger partial charge in [0.05, 0.1) is 5.39 Å². The molecule has 25 heavy (non-hydrogen) atoms. The van der Waals surface area contributed by atoms with Gasteiger partial charge in [-0.2, -0.15) is 0 Å². The summed E-state index contributed by atoms with van der Waals surface area (Å²) in [5, 5.41) is 19.8. The van der Waals surface area contributed by atoms with Gasteiger partial charge in [0.25, 0.3) is 5.56 Å². The molecule has 2 aromatic heterocycles. The molecule has 3 N–H and O–H groups in total. The van der Waals surface area contributed by atoms with Crippen LogP contribution in [0.1, 0.15) is 34.0 Å². The molecule has 7 heteroatoms. The highest BCUT2D eigenvalue weighted by Gasteiger charge is 2.22. The van der Waals surface area contributed by atoms with Crippen LogP contribution in [0.3, 0.4) is 0 Å². The number of aromatic nitrogens is 2. The molecular weight excluding hydrogens is 327 g/mol. The first-order valence-electron chi connectivity index (χ1n) is 7.65. The SMILES string of the molecule is CCc1cnc2[nH]c(=O)c(C(=O)O)c(O)c2c1Cc1ccc(F)cc1. The van der Waals surface area contributed by atoms with Crippen LogP contribution in [0.5, 0.6) is 5.75 Å². The Morgan fingerprint density at radius 1 is 1.28 bits per heavy atom. The number of carbonyl (C=O) groups is 1. The number of halogens is 1. The van der Waals surface area contributed by atoms with E-state index in [1.54, 1.807) is 18.3 Å². The molecule has 0 atom stereocenters. The van der Waals surface area contributed by atoms with E-state index in [4.69, 9.17) is 0 Å². The van der Waals surface area contributed by atoms with Crippen LogP contribution in [-0.4, -0.2) is 26.2 Å². The molecule has 3 aromatic rings. The zero-order valence-corrected chi connectivity index (χ0v) is 13.3. The van der Waals surface area contributed by atoms with Crippen LogP contribution in [0.4, 0.5) is 4.39 Å². The fourth-order valence-corrected chi connectivity index (χ4v) is 2.85. The Labute approximate surface area is 141 Å². The topological polar surface area (TPSA) is 103 Å². The van der Waals surface area contributed by atoms with E-state index in [0.29, 0.717) is 18.4 Å². The van der Waals surface area contributed by atoms with Gasteiger partial charge in [0, 0.05) is 6.20 Å². The molecule has 0 unspecified atom stereocenters. The van der Waals surface area contributed by atoms with Gasteiger partial charge >= 0.3 is 5.97 Å². The molecule has 0 amide bonds. The van der Waals surface area contributed by atoms with Crippen LogP contribution in [0, 0.1) is 5.82 Å². The fourth-order valence-electron chi connectivity index (χ4n) is 2.85. The summed E-state index contributed by atoms with van der Waals surface area (Å²) in [5.41, 5.74) is 0.712. The summed E-state index contributed by atoms with van der Waals surface area (Å²) in [4.78, 5) is 29.7. The molecular formula is C18H15FN2O4. The number of fused-ring (bicyclic) bond motifs is 1. The maximum atomic E-state index is 13.1. The minimum atomic E-state index is -1.52. The summed E-state index contributed by atoms with van der Waals surface area (Å²) in [6.07, 6.45) is 2.51. The molecule has 0 saturated heterocycles. The highest BCUT2D eigenvalue weighted by Crippen LogP contribution is 2.31. The Bertz CT molecular complexity index is 1030. The van der Waals surface area contributed by atoms with E-state index in [0.717, 1.165) is 11.1 Å². The monoisotopic (exact) mass is 342 g/mol. The van der Waals surface area contributed by atoms with Gasteiger partial charge in [-0.25, -0.2) is 14.2 Å². The molecule has 0 radical (unpaired) electrons. The Hall–Kier alpha value is -3.22. The van der Waals surface area contributed by atoms with Crippen LogP contribution >= 0.6 is 0 Å². The first-order chi connectivity index (χ1) is 11.9. The number of aromatic carboxylic acids is 1. The quantitative estimate of drug-likeness (QED) is 0.676. The maximum Gasteiger partial charge on any atom is 0.345 e. The number of rotatable bonds is 4. The van der Waals surface area contributed by atoms with Gasteiger partial charge in [0.2, 0.25) is 0 Å². The van der Waals surface area contributed by atoms with Crippen molar-refractivity contribution >= 4 is 17.0 Å². The van der Waals surface area contributed by atoms with Crippen molar-refractivity contribution in [3.63, 3.8) is 0 Å². The zero-order valence-electron chi connectivity index (χ0n) is 13.3. The van der Waals surface area contributed by atoms with Crippen molar-refractivity contribution in [2.45, 2.75) is 19.8 Å². The Morgan fingerprint density at radius 3 is 2.56 bits per heavy atom. The molecule has 0 fully saturated rings. The average Bonchev–Trinajstić information content (AvgIpc) is 2.56. The van der Waals surface area contributed by atoms with Crippen molar-refractivity contribution in [1.29, 1.82) is 0 Å². The molecule has 0 bridgehead atoms. The minimum Gasteiger partial charge on any atom is -0.506 e. The lowest BCUT2D eigenvalue weighted by Gasteiger charge is -2.13. The lowest BCUT2D eigenvalue weighted by Crippen LogP contribution is -2.18. The van der Waals surface area contributed by atoms with Crippen LogP contribution in [0.25, 0.3) is 11.0 Å². The number of carboxylic acid groups (broad SMARTS) is 1. The molecule has 0 aliphatic rings. The van der Waals surface area contributed by atoms with Crippen molar-refractivity contribution in [3.05, 3.63) is 68.9 Å². The van der Waals surface area contributed by atoms with E-state index in [-0.39, 0.29) is 16.9 Å². The predicted molar refractivity (Wildman–Crippen MR) is 89.6 cm³/mol. The van der Waals surface area contributed by atoms with Gasteiger partial charge in [-0.05, 0) is 41.7 Å². The second-order valence-electron chi connectivity index (χ2n) is 5.63. The Morgan fingerprint density at radius 2 is 1.96 bits per heavy atom. The standard InChI is InChI=1S/C18H15FN2O4/c1-2-10-8-20-16-13(15(22)14(18(24)25)17(23)21-16)12(10)7-9-3-5-11(19)6-4-9/h3-6,8H,2,7H2,1H3,(H,24,25)(H2,20,21,22,23). The fraction of sp³-hybridized carbons (Fsp3) is 0.167. The van der Waals surface area contributed by atoms with Gasteiger partial charge in [-0.3, -0.25) is 4.79 Å². The van der Waals surface area contributed by atoms with Crippen molar-refractivity contribution in [2.75, 3.05) is 0 Å². The Balaban J connectivity index is 2.30. The molecule has 3 rings (SSSR count). The molecule has 0 aliphatic carbocycles. The van der Waals surface area contributed by atoms with Gasteiger partial charge in [0.1, 0.15) is 17.2 Å². The van der Waals surface area contributed by atoms with Crippen molar-refractivity contribution in [1.82, 2.24) is 9.97 Å². The first-order valence-corrected chi connectivity index (χ1v) is 7.65. The number of carboxylic acids is 1. The molecule has 128 valence electrons. The third kappa shape index (κ3) is 2.96. The third-order valence-electron chi connectivity index (χ3n) is 4.10. The van der Waals surface area contributed by atoms with E-state index < -0.39 is 22.8 Å². The summed E-state index contributed by atoms with van der Waals surface area (Å²) in [7, 11) is 0. The number of nitrogens with zero attached hydrogens (tertiary/aromatic N) is 1. The highest BCUT2D eigenvalue weighted by molar-refractivity contribution is 5.99. The number of H-pyrrole nitrogens is 1.